The van der Waals surface area contributed by atoms with E-state index in [2.05, 4.69) is 12.2 Å². The Labute approximate surface area is 115 Å². The zero-order valence-electron chi connectivity index (χ0n) is 12.7. The van der Waals surface area contributed by atoms with Gasteiger partial charge in [0.05, 0.1) is 0 Å². The molecule has 18 heavy (non-hydrogen) atoms. The topological polar surface area (TPSA) is 12.0 Å². The fraction of sp³-hybridized carbons (Fsp3) is 1.00. The van der Waals surface area contributed by atoms with Crippen LogP contribution in [0.2, 0.25) is 0 Å². The molecule has 0 saturated heterocycles. The summed E-state index contributed by atoms with van der Waals surface area (Å²) in [6.07, 6.45) is 20.2. The fourth-order valence-corrected chi connectivity index (χ4v) is 3.05. The van der Waals surface area contributed by atoms with Crippen LogP contribution in [0.1, 0.15) is 96.8 Å². The van der Waals surface area contributed by atoms with Crippen molar-refractivity contribution in [1.82, 2.24) is 5.32 Å². The molecule has 0 radical (unpaired) electrons. The van der Waals surface area contributed by atoms with Crippen molar-refractivity contribution in [1.29, 1.82) is 0 Å². The highest BCUT2D eigenvalue weighted by Gasteiger charge is 2.09. The average molecular weight is 253 g/mol. The highest BCUT2D eigenvalue weighted by Crippen LogP contribution is 2.17. The third kappa shape index (κ3) is 8.97. The summed E-state index contributed by atoms with van der Waals surface area (Å²) in [6.45, 7) is 3.55. The van der Waals surface area contributed by atoms with E-state index in [0.29, 0.717) is 0 Å². The molecule has 1 N–H and O–H groups in total. The van der Waals surface area contributed by atoms with Gasteiger partial charge in [-0.05, 0) is 25.8 Å². The molecular weight excluding hydrogens is 218 g/mol. The summed E-state index contributed by atoms with van der Waals surface area (Å²) in [5.74, 6) is 0. The minimum absolute atomic E-state index is 0.838. The van der Waals surface area contributed by atoms with Crippen molar-refractivity contribution in [2.24, 2.45) is 0 Å². The van der Waals surface area contributed by atoms with Gasteiger partial charge in [-0.25, -0.2) is 0 Å². The van der Waals surface area contributed by atoms with Crippen molar-refractivity contribution in [3.63, 3.8) is 0 Å². The summed E-state index contributed by atoms with van der Waals surface area (Å²) in [5, 5.41) is 3.79. The van der Waals surface area contributed by atoms with E-state index in [0.717, 1.165) is 6.04 Å². The normalized spacial score (nSPS) is 18.5. The first-order valence-corrected chi connectivity index (χ1v) is 8.67. The second-order valence-electron chi connectivity index (χ2n) is 6.12. The molecule has 1 saturated carbocycles. The molecule has 0 aromatic heterocycles. The summed E-state index contributed by atoms with van der Waals surface area (Å²) < 4.78 is 0. The molecule has 0 unspecified atom stereocenters. The smallest absolute Gasteiger partial charge is 0.00670 e. The zero-order valence-corrected chi connectivity index (χ0v) is 12.7. The molecular formula is C17H35N. The van der Waals surface area contributed by atoms with Gasteiger partial charge in [-0.3, -0.25) is 0 Å². The van der Waals surface area contributed by atoms with Gasteiger partial charge >= 0.3 is 0 Å². The first kappa shape index (κ1) is 16.0. The minimum Gasteiger partial charge on any atom is -0.314 e. The van der Waals surface area contributed by atoms with Gasteiger partial charge in [-0.1, -0.05) is 77.6 Å². The van der Waals surface area contributed by atoms with Crippen LogP contribution in [-0.4, -0.2) is 12.6 Å². The van der Waals surface area contributed by atoms with Gasteiger partial charge < -0.3 is 5.32 Å². The SMILES string of the molecule is CCCCCCCCCNC1CCCCCCC1. The Balaban J connectivity index is 1.86. The van der Waals surface area contributed by atoms with Crippen LogP contribution >= 0.6 is 0 Å². The van der Waals surface area contributed by atoms with Crippen LogP contribution in [0.4, 0.5) is 0 Å². The van der Waals surface area contributed by atoms with Crippen LogP contribution in [-0.2, 0) is 0 Å². The molecule has 1 fully saturated rings. The number of rotatable bonds is 9. The number of unbranched alkanes of at least 4 members (excludes halogenated alkanes) is 6. The maximum absolute atomic E-state index is 3.79. The molecule has 0 aromatic carbocycles. The molecule has 1 heteroatoms. The average Bonchev–Trinajstić information content (AvgIpc) is 2.34. The van der Waals surface area contributed by atoms with Crippen LogP contribution in [0.25, 0.3) is 0 Å². The van der Waals surface area contributed by atoms with Crippen molar-refractivity contribution >= 4 is 0 Å². The van der Waals surface area contributed by atoms with Gasteiger partial charge in [0, 0.05) is 6.04 Å². The van der Waals surface area contributed by atoms with E-state index in [1.54, 1.807) is 0 Å². The molecule has 0 bridgehead atoms. The number of hydrogen-bond acceptors (Lipinski definition) is 1. The Morgan fingerprint density at radius 2 is 1.28 bits per heavy atom. The molecule has 1 nitrogen and oxygen atoms in total. The summed E-state index contributed by atoms with van der Waals surface area (Å²) in [6, 6.07) is 0.838. The van der Waals surface area contributed by atoms with Crippen molar-refractivity contribution in [3.05, 3.63) is 0 Å². The van der Waals surface area contributed by atoms with Gasteiger partial charge in [-0.15, -0.1) is 0 Å². The Hall–Kier alpha value is -0.0400. The zero-order chi connectivity index (χ0) is 12.9. The lowest BCUT2D eigenvalue weighted by Gasteiger charge is -2.21. The van der Waals surface area contributed by atoms with Gasteiger partial charge in [0.25, 0.3) is 0 Å². The second kappa shape index (κ2) is 12.0. The maximum atomic E-state index is 3.79. The molecule has 0 spiro atoms. The quantitative estimate of drug-likeness (QED) is 0.540. The lowest BCUT2D eigenvalue weighted by Crippen LogP contribution is -2.30. The Kier molecular flexibility index (Phi) is 10.7. The van der Waals surface area contributed by atoms with E-state index in [1.807, 2.05) is 0 Å². The lowest BCUT2D eigenvalue weighted by atomic mass is 9.96. The Bertz CT molecular complexity index is 159. The maximum Gasteiger partial charge on any atom is 0.00670 e. The van der Waals surface area contributed by atoms with Gasteiger partial charge in [0.1, 0.15) is 0 Å². The lowest BCUT2D eigenvalue weighted by molar-refractivity contribution is 0.385. The molecule has 108 valence electrons. The monoisotopic (exact) mass is 253 g/mol. The fourth-order valence-electron chi connectivity index (χ4n) is 3.05. The van der Waals surface area contributed by atoms with Gasteiger partial charge in [0.2, 0.25) is 0 Å². The standard InChI is InChI=1S/C17H35N/c1-2-3-4-5-6-10-13-16-18-17-14-11-8-7-9-12-15-17/h17-18H,2-16H2,1H3. The number of nitrogens with one attached hydrogen (secondary N) is 1. The van der Waals surface area contributed by atoms with E-state index in [9.17, 15) is 0 Å². The first-order chi connectivity index (χ1) is 8.93. The van der Waals surface area contributed by atoms with E-state index in [-0.39, 0.29) is 0 Å². The largest absolute Gasteiger partial charge is 0.314 e. The first-order valence-electron chi connectivity index (χ1n) is 8.67. The predicted octanol–water partition coefficient (Wildman–Crippen LogP) is 5.44. The highest BCUT2D eigenvalue weighted by molar-refractivity contribution is 4.69. The van der Waals surface area contributed by atoms with E-state index < -0.39 is 0 Å². The summed E-state index contributed by atoms with van der Waals surface area (Å²) in [7, 11) is 0. The third-order valence-electron chi connectivity index (χ3n) is 4.32. The highest BCUT2D eigenvalue weighted by atomic mass is 14.9. The van der Waals surface area contributed by atoms with Crippen molar-refractivity contribution in [3.8, 4) is 0 Å². The van der Waals surface area contributed by atoms with Crippen molar-refractivity contribution < 1.29 is 0 Å². The van der Waals surface area contributed by atoms with Crippen LogP contribution < -0.4 is 5.32 Å². The molecule has 1 rings (SSSR count). The van der Waals surface area contributed by atoms with Gasteiger partial charge in [-0.2, -0.15) is 0 Å². The van der Waals surface area contributed by atoms with E-state index >= 15 is 0 Å². The van der Waals surface area contributed by atoms with Crippen LogP contribution in [0.5, 0.6) is 0 Å². The van der Waals surface area contributed by atoms with Crippen molar-refractivity contribution in [2.45, 2.75) is 103 Å². The molecule has 0 aromatic rings. The van der Waals surface area contributed by atoms with Crippen LogP contribution in [0, 0.1) is 0 Å². The molecule has 1 aliphatic rings. The minimum atomic E-state index is 0.838. The van der Waals surface area contributed by atoms with Crippen LogP contribution in [0.15, 0.2) is 0 Å². The van der Waals surface area contributed by atoms with E-state index in [1.165, 1.54) is 96.4 Å². The molecule has 0 atom stereocenters. The molecule has 1 aliphatic carbocycles. The van der Waals surface area contributed by atoms with Crippen LogP contribution in [0.3, 0.4) is 0 Å². The second-order valence-corrected chi connectivity index (χ2v) is 6.12. The Morgan fingerprint density at radius 1 is 0.722 bits per heavy atom. The van der Waals surface area contributed by atoms with E-state index in [4.69, 9.17) is 0 Å². The predicted molar refractivity (Wildman–Crippen MR) is 82.1 cm³/mol. The number of hydrogen-bond donors (Lipinski definition) is 1. The van der Waals surface area contributed by atoms with Gasteiger partial charge in [0.15, 0.2) is 0 Å². The van der Waals surface area contributed by atoms with Crippen molar-refractivity contribution in [2.75, 3.05) is 6.54 Å². The third-order valence-corrected chi connectivity index (χ3v) is 4.32. The molecule has 0 heterocycles. The molecule has 0 amide bonds. The summed E-state index contributed by atoms with van der Waals surface area (Å²) in [4.78, 5) is 0. The summed E-state index contributed by atoms with van der Waals surface area (Å²) in [5.41, 5.74) is 0. The molecule has 0 aliphatic heterocycles. The summed E-state index contributed by atoms with van der Waals surface area (Å²) >= 11 is 0. The Morgan fingerprint density at radius 3 is 1.94 bits per heavy atom.